The van der Waals surface area contributed by atoms with Crippen LogP contribution in [0.5, 0.6) is 0 Å². The molecule has 3 fully saturated rings. The lowest BCUT2D eigenvalue weighted by Gasteiger charge is -2.48. The van der Waals surface area contributed by atoms with Gasteiger partial charge in [-0.15, -0.1) is 0 Å². The van der Waals surface area contributed by atoms with Gasteiger partial charge < -0.3 is 10.1 Å². The third-order valence-corrected chi connectivity index (χ3v) is 6.64. The van der Waals surface area contributed by atoms with E-state index in [4.69, 9.17) is 9.84 Å². The highest BCUT2D eigenvalue weighted by atomic mass is 16.5. The molecule has 1 aliphatic heterocycles. The summed E-state index contributed by atoms with van der Waals surface area (Å²) in [5, 5.41) is 7.97. The molecule has 1 amide bonds. The molecule has 1 saturated heterocycles. The molecule has 1 N–H and O–H groups in total. The van der Waals surface area contributed by atoms with Crippen LogP contribution in [0, 0.1) is 0 Å². The molecule has 0 spiro atoms. The van der Waals surface area contributed by atoms with Crippen LogP contribution < -0.4 is 5.32 Å². The lowest BCUT2D eigenvalue weighted by Crippen LogP contribution is -2.59. The average Bonchev–Trinajstić information content (AvgIpc) is 3.44. The minimum Gasteiger partial charge on any atom is -0.379 e. The van der Waals surface area contributed by atoms with E-state index in [9.17, 15) is 4.79 Å². The minimum absolute atomic E-state index is 0.0249. The Morgan fingerprint density at radius 3 is 2.50 bits per heavy atom. The quantitative estimate of drug-likeness (QED) is 0.841. The first-order chi connectivity index (χ1) is 13.4. The summed E-state index contributed by atoms with van der Waals surface area (Å²) in [5.74, 6) is 0.550. The van der Waals surface area contributed by atoms with E-state index in [0.29, 0.717) is 18.2 Å². The van der Waals surface area contributed by atoms with Crippen molar-refractivity contribution in [3.63, 3.8) is 0 Å². The number of rotatable bonds is 5. The summed E-state index contributed by atoms with van der Waals surface area (Å²) in [7, 11) is 0. The summed E-state index contributed by atoms with van der Waals surface area (Å²) < 4.78 is 7.63. The van der Waals surface area contributed by atoms with Crippen LogP contribution in [0.1, 0.15) is 87.8 Å². The largest absolute Gasteiger partial charge is 0.379 e. The molecular formula is C22H36N4O2. The van der Waals surface area contributed by atoms with Gasteiger partial charge in [0.1, 0.15) is 5.69 Å². The molecule has 156 valence electrons. The molecule has 0 unspecified atom stereocenters. The molecule has 0 atom stereocenters. The van der Waals surface area contributed by atoms with E-state index in [1.807, 2.05) is 6.07 Å². The number of ether oxygens (including phenoxy) is 1. The maximum atomic E-state index is 13.0. The predicted molar refractivity (Wildman–Crippen MR) is 110 cm³/mol. The molecule has 3 aliphatic rings. The lowest BCUT2D eigenvalue weighted by molar-refractivity contribution is -0.0361. The molecule has 4 rings (SSSR count). The third-order valence-electron chi connectivity index (χ3n) is 6.64. The number of morpholine rings is 1. The van der Waals surface area contributed by atoms with Crippen LogP contribution in [0.4, 0.5) is 0 Å². The zero-order chi connectivity index (χ0) is 19.8. The SMILES string of the molecule is CC(C)(C)n1nc(C(=O)NCC2(N3CCOCC3)CCCCC2)cc1C1CC1. The second kappa shape index (κ2) is 7.79. The van der Waals surface area contributed by atoms with Gasteiger partial charge in [0.2, 0.25) is 0 Å². The number of nitrogens with one attached hydrogen (secondary N) is 1. The number of aromatic nitrogens is 2. The number of hydrogen-bond acceptors (Lipinski definition) is 4. The summed E-state index contributed by atoms with van der Waals surface area (Å²) >= 11 is 0. The summed E-state index contributed by atoms with van der Waals surface area (Å²) in [4.78, 5) is 15.6. The first-order valence-electron chi connectivity index (χ1n) is 11.1. The smallest absolute Gasteiger partial charge is 0.271 e. The van der Waals surface area contributed by atoms with Gasteiger partial charge in [0.25, 0.3) is 5.91 Å². The van der Waals surface area contributed by atoms with Gasteiger partial charge in [-0.1, -0.05) is 19.3 Å². The zero-order valence-corrected chi connectivity index (χ0v) is 17.8. The summed E-state index contributed by atoms with van der Waals surface area (Å²) in [6.45, 7) is 10.7. The van der Waals surface area contributed by atoms with Crippen molar-refractivity contribution in [2.45, 2.75) is 82.7 Å². The van der Waals surface area contributed by atoms with Crippen LogP contribution in [-0.2, 0) is 10.3 Å². The molecule has 1 aromatic rings. The van der Waals surface area contributed by atoms with E-state index in [2.05, 4.69) is 35.7 Å². The zero-order valence-electron chi connectivity index (χ0n) is 17.8. The lowest BCUT2D eigenvalue weighted by atomic mass is 9.79. The highest BCUT2D eigenvalue weighted by molar-refractivity contribution is 5.92. The molecule has 1 aromatic heterocycles. The van der Waals surface area contributed by atoms with Crippen molar-refractivity contribution < 1.29 is 9.53 Å². The number of carbonyl (C=O) groups excluding carboxylic acids is 1. The fourth-order valence-electron chi connectivity index (χ4n) is 4.90. The Bertz CT molecular complexity index is 690. The molecule has 6 heteroatoms. The number of hydrogen-bond donors (Lipinski definition) is 1. The Balaban J connectivity index is 1.48. The number of carbonyl (C=O) groups is 1. The Kier molecular flexibility index (Phi) is 5.53. The highest BCUT2D eigenvalue weighted by Gasteiger charge is 2.39. The van der Waals surface area contributed by atoms with Crippen molar-refractivity contribution in [3.8, 4) is 0 Å². The Morgan fingerprint density at radius 1 is 1.21 bits per heavy atom. The fraction of sp³-hybridized carbons (Fsp3) is 0.818. The van der Waals surface area contributed by atoms with E-state index >= 15 is 0 Å². The van der Waals surface area contributed by atoms with Crippen molar-refractivity contribution >= 4 is 5.91 Å². The van der Waals surface area contributed by atoms with Gasteiger partial charge in [-0.3, -0.25) is 14.4 Å². The second-order valence-corrected chi connectivity index (χ2v) is 9.88. The highest BCUT2D eigenvalue weighted by Crippen LogP contribution is 2.41. The van der Waals surface area contributed by atoms with Crippen LogP contribution in [0.3, 0.4) is 0 Å². The first-order valence-corrected chi connectivity index (χ1v) is 11.1. The maximum Gasteiger partial charge on any atom is 0.271 e. The standard InChI is InChI=1S/C22H36N4O2/c1-21(2,3)26-19(17-7-8-17)15-18(24-26)20(27)23-16-22(9-5-4-6-10-22)25-11-13-28-14-12-25/h15,17H,4-14,16H2,1-3H3,(H,23,27). The molecule has 2 aliphatic carbocycles. The van der Waals surface area contributed by atoms with Crippen molar-refractivity contribution in [3.05, 3.63) is 17.5 Å². The summed E-state index contributed by atoms with van der Waals surface area (Å²) in [5.41, 5.74) is 1.78. The van der Waals surface area contributed by atoms with Crippen molar-refractivity contribution in [1.29, 1.82) is 0 Å². The molecule has 2 heterocycles. The van der Waals surface area contributed by atoms with Crippen LogP contribution in [0.25, 0.3) is 0 Å². The van der Waals surface area contributed by atoms with E-state index in [1.54, 1.807) is 0 Å². The van der Waals surface area contributed by atoms with E-state index in [0.717, 1.165) is 39.1 Å². The van der Waals surface area contributed by atoms with Crippen LogP contribution in [0.2, 0.25) is 0 Å². The van der Waals surface area contributed by atoms with Gasteiger partial charge in [0.05, 0.1) is 18.8 Å². The fourth-order valence-corrected chi connectivity index (χ4v) is 4.90. The van der Waals surface area contributed by atoms with Crippen molar-refractivity contribution in [1.82, 2.24) is 20.0 Å². The van der Waals surface area contributed by atoms with E-state index in [-0.39, 0.29) is 17.0 Å². The molecule has 0 aromatic carbocycles. The third kappa shape index (κ3) is 4.13. The molecule has 28 heavy (non-hydrogen) atoms. The summed E-state index contributed by atoms with van der Waals surface area (Å²) in [6, 6.07) is 2.03. The van der Waals surface area contributed by atoms with Gasteiger partial charge in [-0.2, -0.15) is 5.10 Å². The summed E-state index contributed by atoms with van der Waals surface area (Å²) in [6.07, 6.45) is 8.55. The predicted octanol–water partition coefficient (Wildman–Crippen LogP) is 3.28. The minimum atomic E-state index is -0.102. The van der Waals surface area contributed by atoms with Gasteiger partial charge in [0, 0.05) is 36.8 Å². The average molecular weight is 389 g/mol. The molecule has 0 radical (unpaired) electrons. The van der Waals surface area contributed by atoms with Crippen molar-refractivity contribution in [2.24, 2.45) is 0 Å². The molecule has 0 bridgehead atoms. The Labute approximate surface area is 169 Å². The molecule has 6 nitrogen and oxygen atoms in total. The van der Waals surface area contributed by atoms with Crippen molar-refractivity contribution in [2.75, 3.05) is 32.8 Å². The Hall–Kier alpha value is -1.40. The van der Waals surface area contributed by atoms with Gasteiger partial charge in [-0.25, -0.2) is 0 Å². The topological polar surface area (TPSA) is 59.4 Å². The van der Waals surface area contributed by atoms with Crippen LogP contribution in [-0.4, -0.2) is 59.0 Å². The van der Waals surface area contributed by atoms with Gasteiger partial charge in [-0.05, 0) is 52.5 Å². The van der Waals surface area contributed by atoms with Gasteiger partial charge >= 0.3 is 0 Å². The van der Waals surface area contributed by atoms with Crippen LogP contribution in [0.15, 0.2) is 6.07 Å². The number of nitrogens with zero attached hydrogens (tertiary/aromatic N) is 3. The van der Waals surface area contributed by atoms with E-state index < -0.39 is 0 Å². The first kappa shape index (κ1) is 19.9. The van der Waals surface area contributed by atoms with E-state index in [1.165, 1.54) is 37.8 Å². The monoisotopic (exact) mass is 388 g/mol. The van der Waals surface area contributed by atoms with Crippen LogP contribution >= 0.6 is 0 Å². The Morgan fingerprint density at radius 2 is 1.89 bits per heavy atom. The molecule has 2 saturated carbocycles. The van der Waals surface area contributed by atoms with Gasteiger partial charge in [0.15, 0.2) is 0 Å². The maximum absolute atomic E-state index is 13.0. The second-order valence-electron chi connectivity index (χ2n) is 9.88. The normalized spacial score (nSPS) is 23.5. The molecular weight excluding hydrogens is 352 g/mol. The number of amides is 1.